The van der Waals surface area contributed by atoms with Gasteiger partial charge in [0.1, 0.15) is 10.8 Å². The second-order valence-electron chi connectivity index (χ2n) is 4.63. The second-order valence-corrected chi connectivity index (χ2v) is 6.57. The van der Waals surface area contributed by atoms with Gasteiger partial charge in [-0.25, -0.2) is 0 Å². The van der Waals surface area contributed by atoms with E-state index in [0.29, 0.717) is 11.2 Å². The molecule has 1 aliphatic rings. The summed E-state index contributed by atoms with van der Waals surface area (Å²) in [5, 5.41) is 13.2. The normalized spacial score (nSPS) is 14.6. The van der Waals surface area contributed by atoms with Crippen LogP contribution in [0.25, 0.3) is 0 Å². The molecule has 1 aromatic heterocycles. The van der Waals surface area contributed by atoms with Crippen LogP contribution in [0.15, 0.2) is 22.7 Å². The molecule has 0 unspecified atom stereocenters. The minimum atomic E-state index is 0.595. The molecule has 0 atom stereocenters. The lowest BCUT2D eigenvalue weighted by atomic mass is 10.2. The first-order valence-corrected chi connectivity index (χ1v) is 7.81. The summed E-state index contributed by atoms with van der Waals surface area (Å²) in [6.45, 7) is 2.79. The highest BCUT2D eigenvalue weighted by atomic mass is 79.9. The van der Waals surface area contributed by atoms with Crippen molar-refractivity contribution in [2.45, 2.75) is 32.4 Å². The minimum Gasteiger partial charge on any atom is -0.430 e. The van der Waals surface area contributed by atoms with Crippen LogP contribution in [-0.4, -0.2) is 16.2 Å². The number of aryl methyl sites for hydroxylation is 1. The Hall–Kier alpha value is -0.980. The predicted molar refractivity (Wildman–Crippen MR) is 78.7 cm³/mol. The fourth-order valence-corrected chi connectivity index (χ4v) is 2.82. The Balaban J connectivity index is 1.65. The lowest BCUT2D eigenvalue weighted by Gasteiger charge is -2.04. The molecular formula is C13H14BrN3OS. The summed E-state index contributed by atoms with van der Waals surface area (Å²) in [5.74, 6) is 0.820. The number of rotatable bonds is 5. The summed E-state index contributed by atoms with van der Waals surface area (Å²) in [7, 11) is 0. The van der Waals surface area contributed by atoms with Crippen LogP contribution in [0.5, 0.6) is 10.9 Å². The average Bonchev–Trinajstić information content (AvgIpc) is 3.10. The van der Waals surface area contributed by atoms with Crippen molar-refractivity contribution in [3.05, 3.63) is 33.2 Å². The van der Waals surface area contributed by atoms with Crippen molar-refractivity contribution in [2.24, 2.45) is 0 Å². The third-order valence-electron chi connectivity index (χ3n) is 2.90. The quantitative estimate of drug-likeness (QED) is 0.903. The predicted octanol–water partition coefficient (Wildman–Crippen LogP) is 3.65. The van der Waals surface area contributed by atoms with E-state index in [1.54, 1.807) is 0 Å². The van der Waals surface area contributed by atoms with Gasteiger partial charge in [0.25, 0.3) is 5.19 Å². The molecule has 2 aromatic rings. The minimum absolute atomic E-state index is 0.595. The Kier molecular flexibility index (Phi) is 3.81. The van der Waals surface area contributed by atoms with E-state index in [1.807, 2.05) is 25.1 Å². The van der Waals surface area contributed by atoms with Gasteiger partial charge in [-0.3, -0.25) is 0 Å². The number of benzene rings is 1. The van der Waals surface area contributed by atoms with Crippen molar-refractivity contribution in [3.63, 3.8) is 0 Å². The van der Waals surface area contributed by atoms with Crippen molar-refractivity contribution in [3.8, 4) is 10.9 Å². The van der Waals surface area contributed by atoms with Gasteiger partial charge in [0.15, 0.2) is 0 Å². The van der Waals surface area contributed by atoms with E-state index < -0.39 is 0 Å². The Bertz CT molecular complexity index is 583. The number of nitrogens with zero attached hydrogens (tertiary/aromatic N) is 2. The number of halogens is 1. The van der Waals surface area contributed by atoms with Crippen LogP contribution in [0, 0.1) is 6.92 Å². The van der Waals surface area contributed by atoms with E-state index >= 15 is 0 Å². The summed E-state index contributed by atoms with van der Waals surface area (Å²) in [5.41, 5.74) is 1.07. The highest BCUT2D eigenvalue weighted by molar-refractivity contribution is 9.10. The van der Waals surface area contributed by atoms with Gasteiger partial charge >= 0.3 is 0 Å². The zero-order valence-corrected chi connectivity index (χ0v) is 12.9. The van der Waals surface area contributed by atoms with Gasteiger partial charge in [0, 0.05) is 10.5 Å². The molecule has 4 nitrogen and oxygen atoms in total. The molecule has 0 spiro atoms. The third-order valence-corrected chi connectivity index (χ3v) is 4.20. The van der Waals surface area contributed by atoms with Crippen LogP contribution in [0.2, 0.25) is 0 Å². The van der Waals surface area contributed by atoms with E-state index in [1.165, 1.54) is 24.2 Å². The first-order valence-electron chi connectivity index (χ1n) is 6.20. The van der Waals surface area contributed by atoms with E-state index in [0.717, 1.165) is 27.3 Å². The van der Waals surface area contributed by atoms with E-state index in [-0.39, 0.29) is 0 Å². The number of nitrogens with one attached hydrogen (secondary N) is 1. The van der Waals surface area contributed by atoms with Gasteiger partial charge < -0.3 is 10.1 Å². The van der Waals surface area contributed by atoms with Gasteiger partial charge in [-0.1, -0.05) is 32.4 Å². The first kappa shape index (κ1) is 13.0. The van der Waals surface area contributed by atoms with E-state index in [9.17, 15) is 0 Å². The largest absolute Gasteiger partial charge is 0.430 e. The van der Waals surface area contributed by atoms with Crippen molar-refractivity contribution in [2.75, 3.05) is 0 Å². The van der Waals surface area contributed by atoms with E-state index in [4.69, 9.17) is 4.74 Å². The lowest BCUT2D eigenvalue weighted by Crippen LogP contribution is -2.14. The van der Waals surface area contributed by atoms with Crippen LogP contribution in [0.3, 0.4) is 0 Å². The Morgan fingerprint density at radius 3 is 3.00 bits per heavy atom. The van der Waals surface area contributed by atoms with Gasteiger partial charge in [-0.2, -0.15) is 0 Å². The maximum atomic E-state index is 5.76. The molecule has 0 radical (unpaired) electrons. The highest BCUT2D eigenvalue weighted by Gasteiger charge is 2.20. The van der Waals surface area contributed by atoms with Crippen LogP contribution < -0.4 is 10.1 Å². The zero-order chi connectivity index (χ0) is 13.2. The summed E-state index contributed by atoms with van der Waals surface area (Å²) < 4.78 is 6.81. The van der Waals surface area contributed by atoms with E-state index in [2.05, 4.69) is 31.4 Å². The average molecular weight is 340 g/mol. The van der Waals surface area contributed by atoms with Crippen LogP contribution >= 0.6 is 27.3 Å². The highest BCUT2D eigenvalue weighted by Crippen LogP contribution is 2.29. The molecule has 0 amide bonds. The smallest absolute Gasteiger partial charge is 0.299 e. The molecule has 1 fully saturated rings. The summed E-state index contributed by atoms with van der Waals surface area (Å²) in [4.78, 5) is 0. The monoisotopic (exact) mass is 339 g/mol. The molecule has 3 rings (SSSR count). The van der Waals surface area contributed by atoms with Crippen molar-refractivity contribution >= 4 is 27.3 Å². The topological polar surface area (TPSA) is 47.0 Å². The number of ether oxygens (including phenoxy) is 1. The fraction of sp³-hybridized carbons (Fsp3) is 0.385. The Morgan fingerprint density at radius 2 is 2.26 bits per heavy atom. The van der Waals surface area contributed by atoms with Crippen molar-refractivity contribution in [1.82, 2.24) is 15.5 Å². The lowest BCUT2D eigenvalue weighted by molar-refractivity contribution is 0.469. The molecule has 0 bridgehead atoms. The number of aromatic nitrogens is 2. The molecule has 100 valence electrons. The molecule has 1 heterocycles. The van der Waals surface area contributed by atoms with Gasteiger partial charge in [0.05, 0.1) is 6.54 Å². The molecular weight excluding hydrogens is 326 g/mol. The molecule has 6 heteroatoms. The van der Waals surface area contributed by atoms with Crippen LogP contribution in [0.4, 0.5) is 0 Å². The summed E-state index contributed by atoms with van der Waals surface area (Å²) >= 11 is 4.93. The molecule has 1 aromatic carbocycles. The first-order chi connectivity index (χ1) is 9.20. The molecule has 0 saturated heterocycles. The molecule has 1 aliphatic carbocycles. The van der Waals surface area contributed by atoms with Gasteiger partial charge in [-0.15, -0.1) is 5.10 Å². The van der Waals surface area contributed by atoms with Crippen LogP contribution in [-0.2, 0) is 6.54 Å². The van der Waals surface area contributed by atoms with Crippen molar-refractivity contribution < 1.29 is 4.74 Å². The molecule has 19 heavy (non-hydrogen) atoms. The Labute approximate surface area is 124 Å². The maximum absolute atomic E-state index is 5.76. The molecule has 1 N–H and O–H groups in total. The van der Waals surface area contributed by atoms with Crippen molar-refractivity contribution in [1.29, 1.82) is 0 Å². The Morgan fingerprint density at radius 1 is 1.42 bits per heavy atom. The molecule has 0 aliphatic heterocycles. The fourth-order valence-electron chi connectivity index (χ4n) is 1.69. The van der Waals surface area contributed by atoms with Crippen LogP contribution in [0.1, 0.15) is 23.4 Å². The zero-order valence-electron chi connectivity index (χ0n) is 10.5. The van der Waals surface area contributed by atoms with Gasteiger partial charge in [-0.05, 0) is 43.5 Å². The SMILES string of the molecule is Cc1cc(Br)ccc1Oc1nnc(CNC2CC2)s1. The third kappa shape index (κ3) is 3.52. The standard InChI is InChI=1S/C13H14BrN3OS/c1-8-6-9(14)2-5-11(8)18-13-17-16-12(19-13)7-15-10-3-4-10/h2,5-6,10,15H,3-4,7H2,1H3. The molecule has 1 saturated carbocycles. The number of hydrogen-bond acceptors (Lipinski definition) is 5. The summed E-state index contributed by atoms with van der Waals surface area (Å²) in [6, 6.07) is 6.59. The second kappa shape index (κ2) is 5.56. The van der Waals surface area contributed by atoms with Gasteiger partial charge in [0.2, 0.25) is 0 Å². The number of hydrogen-bond donors (Lipinski definition) is 1. The summed E-state index contributed by atoms with van der Waals surface area (Å²) in [6.07, 6.45) is 2.56. The maximum Gasteiger partial charge on any atom is 0.299 e.